The topological polar surface area (TPSA) is 108 Å². The fraction of sp³-hybridized carbons (Fsp3) is 0.526. The summed E-state index contributed by atoms with van der Waals surface area (Å²) in [6, 6.07) is 3.00. The Labute approximate surface area is 175 Å². The number of aryl methyl sites for hydroxylation is 1. The third-order valence-corrected chi connectivity index (χ3v) is 5.48. The van der Waals surface area contributed by atoms with Gasteiger partial charge >= 0.3 is 0 Å². The van der Waals surface area contributed by atoms with Gasteiger partial charge in [-0.05, 0) is 18.9 Å². The summed E-state index contributed by atoms with van der Waals surface area (Å²) in [6.45, 7) is 3.38. The van der Waals surface area contributed by atoms with Crippen LogP contribution in [0.15, 0.2) is 24.8 Å². The van der Waals surface area contributed by atoms with Crippen LogP contribution < -0.4 is 15.8 Å². The monoisotopic (exact) mass is 422 g/mol. The van der Waals surface area contributed by atoms with E-state index in [0.717, 1.165) is 39.0 Å². The summed E-state index contributed by atoms with van der Waals surface area (Å²) in [6.07, 6.45) is 4.92. The molecule has 2 aromatic rings. The largest absolute Gasteiger partial charge is 0.496 e. The van der Waals surface area contributed by atoms with Crippen LogP contribution >= 0.6 is 11.6 Å². The second-order valence-electron chi connectivity index (χ2n) is 7.03. The van der Waals surface area contributed by atoms with E-state index in [1.54, 1.807) is 25.8 Å². The second kappa shape index (κ2) is 9.91. The zero-order valence-electron chi connectivity index (χ0n) is 16.7. The van der Waals surface area contributed by atoms with Gasteiger partial charge in [0.2, 0.25) is 0 Å². The number of hydrogen-bond acceptors (Lipinski definition) is 7. The van der Waals surface area contributed by atoms with Crippen molar-refractivity contribution < 1.29 is 14.3 Å². The number of ether oxygens (including phenoxy) is 2. The standard InChI is InChI=1S/C19H27ClN6O3/c1-28-17-9-15(21)14(20)8-13(17)19(27)24-16-4-7-25(10-18(16)29-2)5-3-6-26-12-22-11-23-26/h8-9,11-12,16,18H,3-7,10,21H2,1-2H3,(H,24,27)/t16-,18+/m1/s1. The molecule has 2 heterocycles. The van der Waals surface area contributed by atoms with Crippen molar-refractivity contribution in [3.8, 4) is 5.75 Å². The van der Waals surface area contributed by atoms with Gasteiger partial charge in [0.25, 0.3) is 5.91 Å². The Hall–Kier alpha value is -2.36. The van der Waals surface area contributed by atoms with Crippen molar-refractivity contribution in [1.82, 2.24) is 25.0 Å². The van der Waals surface area contributed by atoms with E-state index in [-0.39, 0.29) is 18.1 Å². The number of rotatable bonds is 8. The molecule has 0 radical (unpaired) electrons. The first kappa shape index (κ1) is 21.4. The first-order chi connectivity index (χ1) is 14.0. The fourth-order valence-electron chi connectivity index (χ4n) is 3.55. The van der Waals surface area contributed by atoms with Crippen molar-refractivity contribution in [3.63, 3.8) is 0 Å². The molecule has 0 saturated carbocycles. The van der Waals surface area contributed by atoms with E-state index in [0.29, 0.717) is 22.0 Å². The number of benzene rings is 1. The number of carbonyl (C=O) groups is 1. The van der Waals surface area contributed by atoms with Gasteiger partial charge in [0.15, 0.2) is 0 Å². The maximum absolute atomic E-state index is 12.8. The van der Waals surface area contributed by atoms with Crippen molar-refractivity contribution in [2.45, 2.75) is 31.5 Å². The Balaban J connectivity index is 1.56. The van der Waals surface area contributed by atoms with Gasteiger partial charge < -0.3 is 25.4 Å². The molecule has 1 aromatic carbocycles. The zero-order valence-corrected chi connectivity index (χ0v) is 17.4. The van der Waals surface area contributed by atoms with Gasteiger partial charge in [-0.1, -0.05) is 11.6 Å². The second-order valence-corrected chi connectivity index (χ2v) is 7.44. The number of nitrogen functional groups attached to an aromatic ring is 1. The zero-order chi connectivity index (χ0) is 20.8. The minimum Gasteiger partial charge on any atom is -0.496 e. The molecule has 1 saturated heterocycles. The number of aromatic nitrogens is 3. The molecule has 1 amide bonds. The van der Waals surface area contributed by atoms with Gasteiger partial charge in [0, 0.05) is 39.4 Å². The molecule has 9 nitrogen and oxygen atoms in total. The lowest BCUT2D eigenvalue weighted by Crippen LogP contribution is -2.55. The highest BCUT2D eigenvalue weighted by molar-refractivity contribution is 6.33. The minimum atomic E-state index is -0.254. The van der Waals surface area contributed by atoms with Crippen LogP contribution in [0, 0.1) is 0 Å². The molecular formula is C19H27ClN6O3. The van der Waals surface area contributed by atoms with Crippen LogP contribution in [-0.2, 0) is 11.3 Å². The number of methoxy groups -OCH3 is 2. The van der Waals surface area contributed by atoms with Gasteiger partial charge in [0.05, 0.1) is 35.5 Å². The number of amides is 1. The molecule has 0 aliphatic carbocycles. The molecule has 158 valence electrons. The van der Waals surface area contributed by atoms with Gasteiger partial charge in [-0.2, -0.15) is 5.10 Å². The van der Waals surface area contributed by atoms with Crippen LogP contribution in [0.5, 0.6) is 5.75 Å². The Kier molecular flexibility index (Phi) is 7.29. The molecule has 3 rings (SSSR count). The lowest BCUT2D eigenvalue weighted by atomic mass is 10.0. The molecule has 1 aliphatic heterocycles. The highest BCUT2D eigenvalue weighted by Gasteiger charge is 2.31. The molecule has 2 atom stereocenters. The number of hydrogen-bond donors (Lipinski definition) is 2. The lowest BCUT2D eigenvalue weighted by Gasteiger charge is -2.38. The summed E-state index contributed by atoms with van der Waals surface area (Å²) in [4.78, 5) is 19.1. The molecule has 0 spiro atoms. The average molecular weight is 423 g/mol. The van der Waals surface area contributed by atoms with Crippen molar-refractivity contribution >= 4 is 23.2 Å². The van der Waals surface area contributed by atoms with E-state index in [4.69, 9.17) is 26.8 Å². The Morgan fingerprint density at radius 3 is 2.90 bits per heavy atom. The van der Waals surface area contributed by atoms with Crippen molar-refractivity contribution in [2.24, 2.45) is 0 Å². The van der Waals surface area contributed by atoms with Crippen LogP contribution in [0.25, 0.3) is 0 Å². The third-order valence-electron chi connectivity index (χ3n) is 5.15. The van der Waals surface area contributed by atoms with Crippen LogP contribution in [-0.4, -0.2) is 71.6 Å². The van der Waals surface area contributed by atoms with Crippen LogP contribution in [0.1, 0.15) is 23.2 Å². The van der Waals surface area contributed by atoms with Gasteiger partial charge in [-0.3, -0.25) is 9.48 Å². The Morgan fingerprint density at radius 1 is 1.38 bits per heavy atom. The molecule has 1 fully saturated rings. The fourth-order valence-corrected chi connectivity index (χ4v) is 3.72. The molecule has 0 bridgehead atoms. The number of anilines is 1. The summed E-state index contributed by atoms with van der Waals surface area (Å²) in [5, 5.41) is 7.50. The van der Waals surface area contributed by atoms with Crippen LogP contribution in [0.4, 0.5) is 5.69 Å². The number of carbonyl (C=O) groups excluding carboxylic acids is 1. The average Bonchev–Trinajstić information content (AvgIpc) is 3.24. The van der Waals surface area contributed by atoms with Crippen molar-refractivity contribution in [3.05, 3.63) is 35.4 Å². The number of piperidine rings is 1. The minimum absolute atomic E-state index is 0.0971. The Bertz CT molecular complexity index is 817. The molecule has 1 aromatic heterocycles. The molecule has 0 unspecified atom stereocenters. The lowest BCUT2D eigenvalue weighted by molar-refractivity contribution is 0.00578. The summed E-state index contributed by atoms with van der Waals surface area (Å²) in [7, 11) is 3.17. The highest BCUT2D eigenvalue weighted by atomic mass is 35.5. The van der Waals surface area contributed by atoms with E-state index in [1.807, 2.05) is 4.68 Å². The number of nitrogens with zero attached hydrogens (tertiary/aromatic N) is 4. The van der Waals surface area contributed by atoms with Crippen LogP contribution in [0.2, 0.25) is 5.02 Å². The maximum Gasteiger partial charge on any atom is 0.255 e. The van der Waals surface area contributed by atoms with E-state index in [2.05, 4.69) is 20.3 Å². The molecule has 10 heteroatoms. The first-order valence-corrected chi connectivity index (χ1v) is 9.91. The van der Waals surface area contributed by atoms with E-state index < -0.39 is 0 Å². The van der Waals surface area contributed by atoms with Gasteiger partial charge in [-0.25, -0.2) is 4.98 Å². The molecule has 29 heavy (non-hydrogen) atoms. The quantitative estimate of drug-likeness (QED) is 0.619. The number of nitrogens with one attached hydrogen (secondary N) is 1. The Morgan fingerprint density at radius 2 is 2.21 bits per heavy atom. The van der Waals surface area contributed by atoms with Crippen LogP contribution in [0.3, 0.4) is 0 Å². The summed E-state index contributed by atoms with van der Waals surface area (Å²) in [5.41, 5.74) is 6.53. The summed E-state index contributed by atoms with van der Waals surface area (Å²) < 4.78 is 12.8. The predicted molar refractivity (Wildman–Crippen MR) is 110 cm³/mol. The smallest absolute Gasteiger partial charge is 0.255 e. The van der Waals surface area contributed by atoms with E-state index >= 15 is 0 Å². The maximum atomic E-state index is 12.8. The van der Waals surface area contributed by atoms with E-state index in [1.165, 1.54) is 13.2 Å². The molecule has 3 N–H and O–H groups in total. The third kappa shape index (κ3) is 5.37. The summed E-state index contributed by atoms with van der Waals surface area (Å²) in [5.74, 6) is 0.138. The van der Waals surface area contributed by atoms with Gasteiger partial charge in [0.1, 0.15) is 18.4 Å². The van der Waals surface area contributed by atoms with Gasteiger partial charge in [-0.15, -0.1) is 0 Å². The number of halogens is 1. The first-order valence-electron chi connectivity index (χ1n) is 9.53. The predicted octanol–water partition coefficient (Wildman–Crippen LogP) is 1.43. The number of nitrogens with two attached hydrogens (primary N) is 1. The highest BCUT2D eigenvalue weighted by Crippen LogP contribution is 2.29. The van der Waals surface area contributed by atoms with Crippen molar-refractivity contribution in [2.75, 3.05) is 39.6 Å². The van der Waals surface area contributed by atoms with Crippen molar-refractivity contribution in [1.29, 1.82) is 0 Å². The molecule has 1 aliphatic rings. The SMILES string of the molecule is COc1cc(N)c(Cl)cc1C(=O)N[C@@H]1CCN(CCCn2cncn2)C[C@@H]1OC. The normalized spacial score (nSPS) is 19.8. The number of likely N-dealkylation sites (tertiary alicyclic amines) is 1. The molecular weight excluding hydrogens is 396 g/mol. The summed E-state index contributed by atoms with van der Waals surface area (Å²) >= 11 is 6.09. The van der Waals surface area contributed by atoms with E-state index in [9.17, 15) is 4.79 Å².